The predicted molar refractivity (Wildman–Crippen MR) is 74.5 cm³/mol. The van der Waals surface area contributed by atoms with Gasteiger partial charge in [0.2, 0.25) is 0 Å². The second-order valence-corrected chi connectivity index (χ2v) is 4.94. The third kappa shape index (κ3) is 3.34. The van der Waals surface area contributed by atoms with Crippen LogP contribution >= 0.6 is 11.3 Å². The lowest BCUT2D eigenvalue weighted by Crippen LogP contribution is -2.10. The lowest BCUT2D eigenvalue weighted by molar-refractivity contribution is 0.102. The molecule has 94 valence electrons. The molecule has 0 saturated heterocycles. The van der Waals surface area contributed by atoms with E-state index in [2.05, 4.69) is 5.32 Å². The molecule has 0 aliphatic heterocycles. The molecule has 2 rings (SSSR count). The Morgan fingerprint density at radius 3 is 2.50 bits per heavy atom. The molecule has 0 bridgehead atoms. The largest absolute Gasteiger partial charge is 0.491 e. The number of benzene rings is 1. The predicted octanol–water partition coefficient (Wildman–Crippen LogP) is 3.79. The Bertz CT molecular complexity index is 503. The number of ether oxygens (including phenoxy) is 1. The van der Waals surface area contributed by atoms with Crippen LogP contribution in [0.15, 0.2) is 41.1 Å². The van der Waals surface area contributed by atoms with Crippen LogP contribution < -0.4 is 10.1 Å². The molecule has 0 aliphatic rings. The van der Waals surface area contributed by atoms with Crippen LogP contribution in [-0.4, -0.2) is 12.0 Å². The Hall–Kier alpha value is -1.81. The molecule has 1 aromatic carbocycles. The molecule has 1 heterocycles. The number of hydrogen-bond donors (Lipinski definition) is 1. The summed E-state index contributed by atoms with van der Waals surface area (Å²) in [5.41, 5.74) is 1.45. The van der Waals surface area contributed by atoms with Gasteiger partial charge in [0.25, 0.3) is 5.91 Å². The van der Waals surface area contributed by atoms with E-state index in [1.165, 1.54) is 11.3 Å². The maximum absolute atomic E-state index is 11.8. The van der Waals surface area contributed by atoms with Gasteiger partial charge in [-0.05, 0) is 49.6 Å². The third-order valence-corrected chi connectivity index (χ3v) is 2.95. The van der Waals surface area contributed by atoms with E-state index in [1.54, 1.807) is 6.07 Å². The second kappa shape index (κ2) is 5.69. The summed E-state index contributed by atoms with van der Waals surface area (Å²) in [6.07, 6.45) is 0.149. The smallest absolute Gasteiger partial charge is 0.256 e. The van der Waals surface area contributed by atoms with E-state index >= 15 is 0 Å². The molecule has 0 aliphatic carbocycles. The minimum absolute atomic E-state index is 0.0891. The first-order chi connectivity index (χ1) is 8.65. The average Bonchev–Trinajstić information content (AvgIpc) is 2.84. The summed E-state index contributed by atoms with van der Waals surface area (Å²) in [4.78, 5) is 11.8. The number of carbonyl (C=O) groups excluding carboxylic acids is 1. The van der Waals surface area contributed by atoms with E-state index in [-0.39, 0.29) is 12.0 Å². The van der Waals surface area contributed by atoms with Gasteiger partial charge in [0.1, 0.15) is 5.75 Å². The molecule has 1 N–H and O–H groups in total. The SMILES string of the molecule is CC(C)Oc1ccc(NC(=O)c2ccsc2)cc1. The minimum Gasteiger partial charge on any atom is -0.491 e. The molecule has 1 amide bonds. The molecular weight excluding hydrogens is 246 g/mol. The fraction of sp³-hybridized carbons (Fsp3) is 0.214. The van der Waals surface area contributed by atoms with Crippen LogP contribution in [0.3, 0.4) is 0 Å². The zero-order valence-corrected chi connectivity index (χ0v) is 11.2. The van der Waals surface area contributed by atoms with Crippen LogP contribution in [0, 0.1) is 0 Å². The zero-order valence-electron chi connectivity index (χ0n) is 10.3. The average molecular weight is 261 g/mol. The van der Waals surface area contributed by atoms with E-state index < -0.39 is 0 Å². The van der Waals surface area contributed by atoms with E-state index in [4.69, 9.17) is 4.74 Å². The number of anilines is 1. The fourth-order valence-corrected chi connectivity index (χ4v) is 2.12. The Morgan fingerprint density at radius 2 is 1.94 bits per heavy atom. The van der Waals surface area contributed by atoms with Crippen molar-refractivity contribution in [2.24, 2.45) is 0 Å². The van der Waals surface area contributed by atoms with E-state index in [9.17, 15) is 4.79 Å². The Labute approximate surface area is 110 Å². The van der Waals surface area contributed by atoms with Gasteiger partial charge in [0, 0.05) is 11.1 Å². The van der Waals surface area contributed by atoms with Gasteiger partial charge in [-0.2, -0.15) is 11.3 Å². The number of thiophene rings is 1. The lowest BCUT2D eigenvalue weighted by Gasteiger charge is -2.10. The quantitative estimate of drug-likeness (QED) is 0.909. The Morgan fingerprint density at radius 1 is 1.22 bits per heavy atom. The molecule has 0 saturated carbocycles. The highest BCUT2D eigenvalue weighted by Gasteiger charge is 2.06. The number of hydrogen-bond acceptors (Lipinski definition) is 3. The summed E-state index contributed by atoms with van der Waals surface area (Å²) in [6.45, 7) is 3.96. The first-order valence-corrected chi connectivity index (χ1v) is 6.69. The van der Waals surface area contributed by atoms with Crippen molar-refractivity contribution in [2.75, 3.05) is 5.32 Å². The Balaban J connectivity index is 2.00. The molecule has 18 heavy (non-hydrogen) atoms. The maximum Gasteiger partial charge on any atom is 0.256 e. The van der Waals surface area contributed by atoms with Gasteiger partial charge in [-0.3, -0.25) is 4.79 Å². The first kappa shape index (κ1) is 12.6. The molecule has 0 atom stereocenters. The minimum atomic E-state index is -0.0891. The van der Waals surface area contributed by atoms with Crippen molar-refractivity contribution < 1.29 is 9.53 Å². The summed E-state index contributed by atoms with van der Waals surface area (Å²) >= 11 is 1.51. The van der Waals surface area contributed by atoms with Crippen molar-refractivity contribution in [3.63, 3.8) is 0 Å². The van der Waals surface area contributed by atoms with Crippen LogP contribution in [-0.2, 0) is 0 Å². The van der Waals surface area contributed by atoms with Crippen molar-refractivity contribution in [1.82, 2.24) is 0 Å². The highest BCUT2D eigenvalue weighted by molar-refractivity contribution is 7.08. The van der Waals surface area contributed by atoms with Crippen molar-refractivity contribution in [1.29, 1.82) is 0 Å². The normalized spacial score (nSPS) is 10.4. The number of carbonyl (C=O) groups is 1. The summed E-state index contributed by atoms with van der Waals surface area (Å²) in [6, 6.07) is 9.17. The summed E-state index contributed by atoms with van der Waals surface area (Å²) < 4.78 is 5.54. The summed E-state index contributed by atoms with van der Waals surface area (Å²) in [5.74, 6) is 0.715. The summed E-state index contributed by atoms with van der Waals surface area (Å²) in [5, 5.41) is 6.55. The molecule has 0 fully saturated rings. The maximum atomic E-state index is 11.8. The molecule has 0 radical (unpaired) electrons. The number of amides is 1. The van der Waals surface area contributed by atoms with Crippen LogP contribution in [0.25, 0.3) is 0 Å². The topological polar surface area (TPSA) is 38.3 Å². The second-order valence-electron chi connectivity index (χ2n) is 4.16. The van der Waals surface area contributed by atoms with E-state index in [1.807, 2.05) is 48.9 Å². The van der Waals surface area contributed by atoms with E-state index in [0.717, 1.165) is 11.4 Å². The monoisotopic (exact) mass is 261 g/mol. The van der Waals surface area contributed by atoms with Gasteiger partial charge in [0.05, 0.1) is 11.7 Å². The van der Waals surface area contributed by atoms with E-state index in [0.29, 0.717) is 5.56 Å². The van der Waals surface area contributed by atoms with Crippen LogP contribution in [0.1, 0.15) is 24.2 Å². The van der Waals surface area contributed by atoms with Gasteiger partial charge in [0.15, 0.2) is 0 Å². The third-order valence-electron chi connectivity index (χ3n) is 2.27. The molecule has 3 nitrogen and oxygen atoms in total. The Kier molecular flexibility index (Phi) is 3.99. The molecule has 4 heteroatoms. The molecule has 2 aromatic rings. The standard InChI is InChI=1S/C14H15NO2S/c1-10(2)17-13-5-3-12(4-6-13)15-14(16)11-7-8-18-9-11/h3-10H,1-2H3,(H,15,16). The molecular formula is C14H15NO2S. The zero-order chi connectivity index (χ0) is 13.0. The number of nitrogens with one attached hydrogen (secondary N) is 1. The van der Waals surface area contributed by atoms with Gasteiger partial charge in [-0.25, -0.2) is 0 Å². The highest BCUT2D eigenvalue weighted by atomic mass is 32.1. The molecule has 1 aromatic heterocycles. The van der Waals surface area contributed by atoms with Crippen molar-refractivity contribution >= 4 is 22.9 Å². The van der Waals surface area contributed by atoms with Gasteiger partial charge < -0.3 is 10.1 Å². The van der Waals surface area contributed by atoms with Gasteiger partial charge >= 0.3 is 0 Å². The van der Waals surface area contributed by atoms with Crippen molar-refractivity contribution in [3.8, 4) is 5.75 Å². The highest BCUT2D eigenvalue weighted by Crippen LogP contribution is 2.18. The lowest BCUT2D eigenvalue weighted by atomic mass is 10.2. The van der Waals surface area contributed by atoms with Gasteiger partial charge in [-0.15, -0.1) is 0 Å². The van der Waals surface area contributed by atoms with Gasteiger partial charge in [-0.1, -0.05) is 0 Å². The first-order valence-electron chi connectivity index (χ1n) is 5.75. The van der Waals surface area contributed by atoms with Crippen molar-refractivity contribution in [3.05, 3.63) is 46.7 Å². The fourth-order valence-electron chi connectivity index (χ4n) is 1.49. The van der Waals surface area contributed by atoms with Crippen LogP contribution in [0.2, 0.25) is 0 Å². The molecule has 0 spiro atoms. The van der Waals surface area contributed by atoms with Crippen LogP contribution in [0.4, 0.5) is 5.69 Å². The summed E-state index contributed by atoms with van der Waals surface area (Å²) in [7, 11) is 0. The molecule has 0 unspecified atom stereocenters. The number of rotatable bonds is 4. The van der Waals surface area contributed by atoms with Crippen molar-refractivity contribution in [2.45, 2.75) is 20.0 Å². The van der Waals surface area contributed by atoms with Crippen LogP contribution in [0.5, 0.6) is 5.75 Å².